The molecule has 1 aromatic heterocycles. The quantitative estimate of drug-likeness (QED) is 0.673. The molecule has 1 N–H and O–H groups in total. The molecule has 21 heavy (non-hydrogen) atoms. The molecule has 0 aliphatic carbocycles. The second kappa shape index (κ2) is 6.17. The SMILES string of the molecule is CCn1nccc1CNC(=O)c1ccc([N+](=O)[O-])c(C)c1. The van der Waals surface area contributed by atoms with Gasteiger partial charge in [0.1, 0.15) is 0 Å². The Morgan fingerprint density at radius 3 is 2.81 bits per heavy atom. The van der Waals surface area contributed by atoms with Crippen molar-refractivity contribution in [2.24, 2.45) is 0 Å². The summed E-state index contributed by atoms with van der Waals surface area (Å²) in [5.41, 5.74) is 1.78. The number of carbonyl (C=O) groups excluding carboxylic acids is 1. The van der Waals surface area contributed by atoms with E-state index in [-0.39, 0.29) is 11.6 Å². The first kappa shape index (κ1) is 14.7. The Balaban J connectivity index is 2.07. The Labute approximate surface area is 121 Å². The smallest absolute Gasteiger partial charge is 0.272 e. The summed E-state index contributed by atoms with van der Waals surface area (Å²) in [6.07, 6.45) is 1.68. The molecule has 0 saturated carbocycles. The highest BCUT2D eigenvalue weighted by Gasteiger charge is 2.14. The molecule has 0 atom stereocenters. The van der Waals surface area contributed by atoms with Gasteiger partial charge in [-0.2, -0.15) is 5.10 Å². The Hall–Kier alpha value is -2.70. The number of aryl methyl sites for hydroxylation is 2. The molecule has 0 bridgehead atoms. The summed E-state index contributed by atoms with van der Waals surface area (Å²) < 4.78 is 1.79. The normalized spacial score (nSPS) is 10.4. The fraction of sp³-hybridized carbons (Fsp3) is 0.286. The molecule has 1 amide bonds. The van der Waals surface area contributed by atoms with Crippen molar-refractivity contribution in [1.82, 2.24) is 15.1 Å². The zero-order valence-corrected chi connectivity index (χ0v) is 11.9. The lowest BCUT2D eigenvalue weighted by Gasteiger charge is -2.07. The van der Waals surface area contributed by atoms with Gasteiger partial charge in [-0.1, -0.05) is 0 Å². The maximum absolute atomic E-state index is 12.1. The number of nitrogens with zero attached hydrogens (tertiary/aromatic N) is 3. The van der Waals surface area contributed by atoms with Gasteiger partial charge in [0.15, 0.2) is 0 Å². The minimum Gasteiger partial charge on any atom is -0.346 e. The van der Waals surface area contributed by atoms with Crippen molar-refractivity contribution in [2.75, 3.05) is 0 Å². The lowest BCUT2D eigenvalue weighted by molar-refractivity contribution is -0.385. The molecule has 1 heterocycles. The van der Waals surface area contributed by atoms with Crippen LogP contribution in [0.2, 0.25) is 0 Å². The maximum Gasteiger partial charge on any atom is 0.272 e. The lowest BCUT2D eigenvalue weighted by atomic mass is 10.1. The van der Waals surface area contributed by atoms with Gasteiger partial charge in [0.05, 0.1) is 17.2 Å². The van der Waals surface area contributed by atoms with Crippen molar-refractivity contribution >= 4 is 11.6 Å². The number of hydrogen-bond acceptors (Lipinski definition) is 4. The van der Waals surface area contributed by atoms with Crippen LogP contribution in [0.5, 0.6) is 0 Å². The molecular weight excluding hydrogens is 272 g/mol. The topological polar surface area (TPSA) is 90.1 Å². The van der Waals surface area contributed by atoms with Gasteiger partial charge in [-0.3, -0.25) is 19.6 Å². The average molecular weight is 288 g/mol. The zero-order valence-electron chi connectivity index (χ0n) is 11.9. The summed E-state index contributed by atoms with van der Waals surface area (Å²) in [6, 6.07) is 6.16. The number of amides is 1. The second-order valence-corrected chi connectivity index (χ2v) is 4.58. The molecular formula is C14H16N4O3. The predicted octanol–water partition coefficient (Wildman–Crippen LogP) is 2.05. The van der Waals surface area contributed by atoms with Crippen LogP contribution in [0.15, 0.2) is 30.5 Å². The van der Waals surface area contributed by atoms with Crippen molar-refractivity contribution in [3.8, 4) is 0 Å². The minimum absolute atomic E-state index is 0.00982. The third-order valence-corrected chi connectivity index (χ3v) is 3.19. The van der Waals surface area contributed by atoms with Gasteiger partial charge in [-0.15, -0.1) is 0 Å². The number of nitro benzene ring substituents is 1. The molecule has 0 spiro atoms. The molecule has 0 fully saturated rings. The van der Waals surface area contributed by atoms with E-state index < -0.39 is 4.92 Å². The standard InChI is InChI=1S/C14H16N4O3/c1-3-17-12(6-7-16-17)9-15-14(19)11-4-5-13(18(20)21)10(2)8-11/h4-8H,3,9H2,1-2H3,(H,15,19). The Morgan fingerprint density at radius 1 is 1.43 bits per heavy atom. The Morgan fingerprint density at radius 2 is 2.19 bits per heavy atom. The first-order valence-corrected chi connectivity index (χ1v) is 6.57. The van der Waals surface area contributed by atoms with Gasteiger partial charge < -0.3 is 5.32 Å². The van der Waals surface area contributed by atoms with Crippen LogP contribution in [0.3, 0.4) is 0 Å². The highest BCUT2D eigenvalue weighted by atomic mass is 16.6. The highest BCUT2D eigenvalue weighted by molar-refractivity contribution is 5.94. The van der Waals surface area contributed by atoms with Gasteiger partial charge in [0.2, 0.25) is 0 Å². The van der Waals surface area contributed by atoms with Crippen molar-refractivity contribution in [1.29, 1.82) is 0 Å². The number of hydrogen-bond donors (Lipinski definition) is 1. The Bertz CT molecular complexity index is 679. The van der Waals surface area contributed by atoms with Crippen LogP contribution < -0.4 is 5.32 Å². The molecule has 0 aliphatic heterocycles. The number of aromatic nitrogens is 2. The van der Waals surface area contributed by atoms with E-state index in [9.17, 15) is 14.9 Å². The van der Waals surface area contributed by atoms with E-state index in [1.54, 1.807) is 17.8 Å². The zero-order chi connectivity index (χ0) is 15.4. The average Bonchev–Trinajstić information content (AvgIpc) is 2.91. The predicted molar refractivity (Wildman–Crippen MR) is 76.9 cm³/mol. The molecule has 110 valence electrons. The molecule has 0 aliphatic rings. The second-order valence-electron chi connectivity index (χ2n) is 4.58. The van der Waals surface area contributed by atoms with Gasteiger partial charge in [0, 0.05) is 29.9 Å². The monoisotopic (exact) mass is 288 g/mol. The summed E-state index contributed by atoms with van der Waals surface area (Å²) in [7, 11) is 0. The van der Waals surface area contributed by atoms with Crippen LogP contribution in [0.4, 0.5) is 5.69 Å². The maximum atomic E-state index is 12.1. The fourth-order valence-electron chi connectivity index (χ4n) is 2.07. The van der Waals surface area contributed by atoms with E-state index in [4.69, 9.17) is 0 Å². The lowest BCUT2D eigenvalue weighted by Crippen LogP contribution is -2.24. The molecule has 7 heteroatoms. The van der Waals surface area contributed by atoms with Gasteiger partial charge in [-0.25, -0.2) is 0 Å². The van der Waals surface area contributed by atoms with Gasteiger partial charge >= 0.3 is 0 Å². The number of benzene rings is 1. The molecule has 1 aromatic carbocycles. The Kier molecular flexibility index (Phi) is 4.32. The van der Waals surface area contributed by atoms with Gasteiger partial charge in [0.25, 0.3) is 11.6 Å². The van der Waals surface area contributed by atoms with Crippen LogP contribution in [-0.4, -0.2) is 20.6 Å². The minimum atomic E-state index is -0.461. The van der Waals surface area contributed by atoms with Crippen LogP contribution in [-0.2, 0) is 13.1 Å². The summed E-state index contributed by atoms with van der Waals surface area (Å²) >= 11 is 0. The van der Waals surface area contributed by atoms with E-state index in [1.807, 2.05) is 13.0 Å². The summed E-state index contributed by atoms with van der Waals surface area (Å²) in [5, 5.41) is 17.7. The third kappa shape index (κ3) is 3.25. The van der Waals surface area contributed by atoms with Crippen LogP contribution in [0, 0.1) is 17.0 Å². The number of nitro groups is 1. The third-order valence-electron chi connectivity index (χ3n) is 3.19. The summed E-state index contributed by atoms with van der Waals surface area (Å²) in [4.78, 5) is 22.4. The number of rotatable bonds is 5. The van der Waals surface area contributed by atoms with E-state index in [0.717, 1.165) is 12.2 Å². The number of carbonyl (C=O) groups is 1. The van der Waals surface area contributed by atoms with Crippen molar-refractivity contribution < 1.29 is 9.72 Å². The van der Waals surface area contributed by atoms with Crippen LogP contribution in [0.1, 0.15) is 28.5 Å². The largest absolute Gasteiger partial charge is 0.346 e. The van der Waals surface area contributed by atoms with E-state index in [1.165, 1.54) is 18.2 Å². The fourth-order valence-corrected chi connectivity index (χ4v) is 2.07. The molecule has 0 unspecified atom stereocenters. The molecule has 2 aromatic rings. The molecule has 0 saturated heterocycles. The van der Waals surface area contributed by atoms with E-state index in [0.29, 0.717) is 17.7 Å². The van der Waals surface area contributed by atoms with Gasteiger partial charge in [-0.05, 0) is 32.0 Å². The summed E-state index contributed by atoms with van der Waals surface area (Å²) in [5.74, 6) is -0.267. The van der Waals surface area contributed by atoms with Crippen molar-refractivity contribution in [2.45, 2.75) is 26.9 Å². The van der Waals surface area contributed by atoms with Crippen molar-refractivity contribution in [3.05, 3.63) is 57.4 Å². The summed E-state index contributed by atoms with van der Waals surface area (Å²) in [6.45, 7) is 4.68. The highest BCUT2D eigenvalue weighted by Crippen LogP contribution is 2.18. The van der Waals surface area contributed by atoms with Crippen LogP contribution in [0.25, 0.3) is 0 Å². The molecule has 0 radical (unpaired) electrons. The van der Waals surface area contributed by atoms with Crippen LogP contribution >= 0.6 is 0 Å². The number of nitrogens with one attached hydrogen (secondary N) is 1. The first-order chi connectivity index (χ1) is 10.0. The van der Waals surface area contributed by atoms with E-state index >= 15 is 0 Å². The van der Waals surface area contributed by atoms with E-state index in [2.05, 4.69) is 10.4 Å². The molecule has 7 nitrogen and oxygen atoms in total. The first-order valence-electron chi connectivity index (χ1n) is 6.57. The van der Waals surface area contributed by atoms with Crippen molar-refractivity contribution in [3.63, 3.8) is 0 Å². The molecule has 2 rings (SSSR count).